The Balaban J connectivity index is 1.34. The van der Waals surface area contributed by atoms with Gasteiger partial charge in [0.25, 0.3) is 11.8 Å². The van der Waals surface area contributed by atoms with Gasteiger partial charge in [-0.1, -0.05) is 36.4 Å². The number of nitrogens with one attached hydrogen (secondary N) is 2. The van der Waals surface area contributed by atoms with E-state index in [0.717, 1.165) is 10.8 Å². The van der Waals surface area contributed by atoms with E-state index in [1.807, 2.05) is 42.5 Å². The molecular formula is C22H17N3O3S. The number of hydrogen-bond donors (Lipinski definition) is 2. The molecule has 0 saturated carbocycles. The van der Waals surface area contributed by atoms with Gasteiger partial charge in [-0.25, -0.2) is 4.98 Å². The summed E-state index contributed by atoms with van der Waals surface area (Å²) in [5, 5.41) is 9.81. The van der Waals surface area contributed by atoms with Crippen molar-refractivity contribution >= 4 is 44.7 Å². The highest BCUT2D eigenvalue weighted by atomic mass is 32.1. The number of benzene rings is 3. The number of hydrogen-bond acceptors (Lipinski definition) is 5. The third-order valence-electron chi connectivity index (χ3n) is 4.19. The minimum absolute atomic E-state index is 0.111. The SMILES string of the molecule is O=C(COc1cccc2ccccc12)Nc1ccc(C(=O)Nc2nccs2)cc1. The molecule has 1 aromatic heterocycles. The lowest BCUT2D eigenvalue weighted by molar-refractivity contribution is -0.118. The molecule has 2 amide bonds. The van der Waals surface area contributed by atoms with Crippen LogP contribution in [-0.4, -0.2) is 23.4 Å². The summed E-state index contributed by atoms with van der Waals surface area (Å²) in [5.74, 6) is 0.127. The molecule has 0 aliphatic heterocycles. The van der Waals surface area contributed by atoms with E-state index in [9.17, 15) is 9.59 Å². The zero-order valence-electron chi connectivity index (χ0n) is 15.3. The second-order valence-electron chi connectivity index (χ2n) is 6.18. The molecular weight excluding hydrogens is 386 g/mol. The molecule has 0 spiro atoms. The van der Waals surface area contributed by atoms with Crippen LogP contribution in [-0.2, 0) is 4.79 Å². The number of aromatic nitrogens is 1. The predicted octanol–water partition coefficient (Wildman–Crippen LogP) is 4.57. The summed E-state index contributed by atoms with van der Waals surface area (Å²) in [7, 11) is 0. The van der Waals surface area contributed by atoms with Gasteiger partial charge in [-0.2, -0.15) is 0 Å². The van der Waals surface area contributed by atoms with Crippen LogP contribution < -0.4 is 15.4 Å². The first-order valence-electron chi connectivity index (χ1n) is 8.90. The maximum absolute atomic E-state index is 12.2. The minimum Gasteiger partial charge on any atom is -0.483 e. The molecule has 0 aliphatic rings. The third kappa shape index (κ3) is 4.59. The Kier molecular flexibility index (Phi) is 5.49. The van der Waals surface area contributed by atoms with Crippen LogP contribution >= 0.6 is 11.3 Å². The first-order valence-corrected chi connectivity index (χ1v) is 9.78. The Morgan fingerprint density at radius 3 is 2.52 bits per heavy atom. The summed E-state index contributed by atoms with van der Waals surface area (Å²) in [6.07, 6.45) is 1.62. The topological polar surface area (TPSA) is 80.3 Å². The van der Waals surface area contributed by atoms with Crippen molar-refractivity contribution < 1.29 is 14.3 Å². The van der Waals surface area contributed by atoms with Gasteiger partial charge in [-0.05, 0) is 35.7 Å². The maximum atomic E-state index is 12.2. The lowest BCUT2D eigenvalue weighted by Crippen LogP contribution is -2.20. The molecule has 6 nitrogen and oxygen atoms in total. The number of nitrogens with zero attached hydrogens (tertiary/aromatic N) is 1. The van der Waals surface area contributed by atoms with Gasteiger partial charge in [0.15, 0.2) is 11.7 Å². The molecule has 2 N–H and O–H groups in total. The highest BCUT2D eigenvalue weighted by molar-refractivity contribution is 7.13. The Hall–Kier alpha value is -3.71. The predicted molar refractivity (Wildman–Crippen MR) is 115 cm³/mol. The molecule has 0 fully saturated rings. The van der Waals surface area contributed by atoms with Crippen molar-refractivity contribution in [1.29, 1.82) is 0 Å². The molecule has 29 heavy (non-hydrogen) atoms. The largest absolute Gasteiger partial charge is 0.483 e. The first kappa shape index (κ1) is 18.6. The van der Waals surface area contributed by atoms with Gasteiger partial charge in [0.2, 0.25) is 0 Å². The van der Waals surface area contributed by atoms with Crippen molar-refractivity contribution in [1.82, 2.24) is 4.98 Å². The fourth-order valence-corrected chi connectivity index (χ4v) is 3.35. The van der Waals surface area contributed by atoms with Crippen LogP contribution in [0.5, 0.6) is 5.75 Å². The Labute approximate surface area is 171 Å². The highest BCUT2D eigenvalue weighted by Crippen LogP contribution is 2.25. The summed E-state index contributed by atoms with van der Waals surface area (Å²) >= 11 is 1.35. The number of anilines is 2. The molecule has 4 rings (SSSR count). The molecule has 0 saturated heterocycles. The maximum Gasteiger partial charge on any atom is 0.262 e. The monoisotopic (exact) mass is 403 g/mol. The summed E-state index contributed by atoms with van der Waals surface area (Å²) in [5.41, 5.74) is 1.06. The van der Waals surface area contributed by atoms with E-state index < -0.39 is 0 Å². The van der Waals surface area contributed by atoms with E-state index in [-0.39, 0.29) is 18.4 Å². The van der Waals surface area contributed by atoms with E-state index in [2.05, 4.69) is 15.6 Å². The average molecular weight is 403 g/mol. The number of carbonyl (C=O) groups is 2. The van der Waals surface area contributed by atoms with Crippen molar-refractivity contribution in [3.63, 3.8) is 0 Å². The van der Waals surface area contributed by atoms with Crippen molar-refractivity contribution in [2.75, 3.05) is 17.2 Å². The molecule has 0 unspecified atom stereocenters. The minimum atomic E-state index is -0.280. The summed E-state index contributed by atoms with van der Waals surface area (Å²) in [6.45, 7) is -0.111. The molecule has 0 bridgehead atoms. The van der Waals surface area contributed by atoms with E-state index in [4.69, 9.17) is 4.74 Å². The third-order valence-corrected chi connectivity index (χ3v) is 4.88. The smallest absolute Gasteiger partial charge is 0.262 e. The van der Waals surface area contributed by atoms with Crippen molar-refractivity contribution in [2.45, 2.75) is 0 Å². The van der Waals surface area contributed by atoms with Crippen molar-refractivity contribution in [3.05, 3.63) is 83.9 Å². The van der Waals surface area contributed by atoms with E-state index >= 15 is 0 Å². The molecule has 0 aliphatic carbocycles. The molecule has 4 aromatic rings. The normalized spacial score (nSPS) is 10.5. The number of thiazole rings is 1. The number of rotatable bonds is 6. The lowest BCUT2D eigenvalue weighted by Gasteiger charge is -2.10. The van der Waals surface area contributed by atoms with Gasteiger partial charge in [0, 0.05) is 28.2 Å². The standard InChI is InChI=1S/C22H17N3O3S/c26-20(14-28-19-7-3-5-15-4-1-2-6-18(15)19)24-17-10-8-16(9-11-17)21(27)25-22-23-12-13-29-22/h1-13H,14H2,(H,24,26)(H,23,25,27). The van der Waals surface area contributed by atoms with Crippen molar-refractivity contribution in [3.8, 4) is 5.75 Å². The molecule has 144 valence electrons. The fourth-order valence-electron chi connectivity index (χ4n) is 2.82. The van der Waals surface area contributed by atoms with E-state index in [1.165, 1.54) is 11.3 Å². The Bertz CT molecular complexity index is 1140. The van der Waals surface area contributed by atoms with Gasteiger partial charge in [-0.15, -0.1) is 11.3 Å². The van der Waals surface area contributed by atoms with E-state index in [0.29, 0.717) is 22.1 Å². The number of fused-ring (bicyclic) bond motifs is 1. The van der Waals surface area contributed by atoms with Gasteiger partial charge in [0.05, 0.1) is 0 Å². The van der Waals surface area contributed by atoms with Crippen LogP contribution in [0.15, 0.2) is 78.3 Å². The summed E-state index contributed by atoms with van der Waals surface area (Å²) < 4.78 is 5.69. The van der Waals surface area contributed by atoms with Crippen LogP contribution in [0.3, 0.4) is 0 Å². The van der Waals surface area contributed by atoms with Gasteiger partial charge in [-0.3, -0.25) is 14.9 Å². The zero-order valence-corrected chi connectivity index (χ0v) is 16.1. The molecule has 3 aromatic carbocycles. The van der Waals surface area contributed by atoms with Gasteiger partial charge < -0.3 is 10.1 Å². The van der Waals surface area contributed by atoms with Crippen LogP contribution in [0.4, 0.5) is 10.8 Å². The van der Waals surface area contributed by atoms with Crippen LogP contribution in [0.1, 0.15) is 10.4 Å². The summed E-state index contributed by atoms with van der Waals surface area (Å²) in [4.78, 5) is 28.4. The van der Waals surface area contributed by atoms with Crippen LogP contribution in [0.2, 0.25) is 0 Å². The Morgan fingerprint density at radius 1 is 0.931 bits per heavy atom. The highest BCUT2D eigenvalue weighted by Gasteiger charge is 2.09. The van der Waals surface area contributed by atoms with Gasteiger partial charge in [0.1, 0.15) is 5.75 Å². The lowest BCUT2D eigenvalue weighted by atomic mass is 10.1. The quantitative estimate of drug-likeness (QED) is 0.494. The fraction of sp³-hybridized carbons (Fsp3) is 0.0455. The average Bonchev–Trinajstić information content (AvgIpc) is 3.26. The molecule has 0 atom stereocenters. The zero-order chi connectivity index (χ0) is 20.1. The number of carbonyl (C=O) groups excluding carboxylic acids is 2. The second kappa shape index (κ2) is 8.53. The van der Waals surface area contributed by atoms with Crippen LogP contribution in [0.25, 0.3) is 10.8 Å². The Morgan fingerprint density at radius 2 is 1.72 bits per heavy atom. The van der Waals surface area contributed by atoms with Crippen LogP contribution in [0, 0.1) is 0 Å². The second-order valence-corrected chi connectivity index (χ2v) is 7.08. The number of amides is 2. The van der Waals surface area contributed by atoms with Crippen molar-refractivity contribution in [2.24, 2.45) is 0 Å². The summed E-state index contributed by atoms with van der Waals surface area (Å²) in [6, 6.07) is 20.2. The molecule has 7 heteroatoms. The number of ether oxygens (including phenoxy) is 1. The molecule has 0 radical (unpaired) electrons. The van der Waals surface area contributed by atoms with E-state index in [1.54, 1.807) is 35.8 Å². The first-order chi connectivity index (χ1) is 14.2. The molecule has 1 heterocycles. The van der Waals surface area contributed by atoms with Gasteiger partial charge >= 0.3 is 0 Å².